The summed E-state index contributed by atoms with van der Waals surface area (Å²) in [7, 11) is -3.70. The third kappa shape index (κ3) is 5.24. The average molecular weight is 507 g/mol. The molecular weight excluding hydrogens is 489 g/mol. The molecule has 1 aliphatic rings. The number of nitrogens with one attached hydrogen (secondary N) is 1. The van der Waals surface area contributed by atoms with Crippen LogP contribution in [0.4, 0.5) is 0 Å². The molecule has 2 heterocycles. The molecule has 10 heteroatoms. The number of benzene rings is 1. The van der Waals surface area contributed by atoms with Crippen molar-refractivity contribution >= 4 is 55.1 Å². The number of pyridine rings is 1. The quantitative estimate of drug-likeness (QED) is 0.667. The maximum atomic E-state index is 12.8. The lowest BCUT2D eigenvalue weighted by atomic mass is 9.97. The lowest BCUT2D eigenvalue weighted by Crippen LogP contribution is -2.42. The number of carbonyl (C=O) groups excluding carboxylic acids is 1. The van der Waals surface area contributed by atoms with Crippen molar-refractivity contribution in [3.63, 3.8) is 0 Å². The van der Waals surface area contributed by atoms with Gasteiger partial charge in [0, 0.05) is 39.7 Å². The number of rotatable bonds is 5. The Morgan fingerprint density at radius 2 is 1.82 bits per heavy atom. The molecule has 1 aromatic carbocycles. The topological polar surface area (TPSA) is 79.4 Å². The molecule has 0 spiro atoms. The van der Waals surface area contributed by atoms with Crippen LogP contribution in [-0.2, 0) is 21.4 Å². The number of sulfonamides is 1. The Morgan fingerprint density at radius 3 is 2.39 bits per heavy atom. The van der Waals surface area contributed by atoms with Crippen LogP contribution in [0.15, 0.2) is 45.9 Å². The summed E-state index contributed by atoms with van der Waals surface area (Å²) in [4.78, 5) is 16.7. The summed E-state index contributed by atoms with van der Waals surface area (Å²) >= 11 is 15.2. The highest BCUT2D eigenvalue weighted by molar-refractivity contribution is 9.10. The normalized spacial score (nSPS) is 16.1. The van der Waals surface area contributed by atoms with Crippen LogP contribution in [0, 0.1) is 5.92 Å². The van der Waals surface area contributed by atoms with E-state index in [1.54, 1.807) is 6.20 Å². The van der Waals surface area contributed by atoms with Gasteiger partial charge in [-0.1, -0.05) is 23.2 Å². The third-order valence-corrected chi connectivity index (χ3v) is 7.31. The molecule has 6 nitrogen and oxygen atoms in total. The zero-order chi connectivity index (χ0) is 20.3. The van der Waals surface area contributed by atoms with Gasteiger partial charge in [-0.25, -0.2) is 8.42 Å². The molecule has 1 saturated heterocycles. The van der Waals surface area contributed by atoms with E-state index in [4.69, 9.17) is 23.2 Å². The van der Waals surface area contributed by atoms with Gasteiger partial charge in [-0.3, -0.25) is 9.78 Å². The van der Waals surface area contributed by atoms with Gasteiger partial charge in [0.25, 0.3) is 0 Å². The van der Waals surface area contributed by atoms with E-state index in [0.29, 0.717) is 19.4 Å². The largest absolute Gasteiger partial charge is 0.350 e. The van der Waals surface area contributed by atoms with Gasteiger partial charge < -0.3 is 5.32 Å². The van der Waals surface area contributed by atoms with Crippen LogP contribution in [0.5, 0.6) is 0 Å². The lowest BCUT2D eigenvalue weighted by molar-refractivity contribution is -0.126. The van der Waals surface area contributed by atoms with Crippen molar-refractivity contribution in [1.29, 1.82) is 0 Å². The molecule has 0 unspecified atom stereocenters. The van der Waals surface area contributed by atoms with Crippen molar-refractivity contribution in [3.05, 3.63) is 56.7 Å². The predicted octanol–water partition coefficient (Wildman–Crippen LogP) is 3.87. The summed E-state index contributed by atoms with van der Waals surface area (Å²) in [5, 5.41) is 3.40. The van der Waals surface area contributed by atoms with Crippen LogP contribution in [-0.4, -0.2) is 36.7 Å². The monoisotopic (exact) mass is 505 g/mol. The fourth-order valence-electron chi connectivity index (χ4n) is 3.02. The molecule has 1 aliphatic heterocycles. The number of nitrogens with zero attached hydrogens (tertiary/aromatic N) is 2. The highest BCUT2D eigenvalue weighted by atomic mass is 79.9. The molecule has 2 aromatic rings. The molecule has 0 radical (unpaired) electrons. The number of carbonyl (C=O) groups is 1. The van der Waals surface area contributed by atoms with Gasteiger partial charge >= 0.3 is 0 Å². The maximum Gasteiger partial charge on any atom is 0.243 e. The van der Waals surface area contributed by atoms with Crippen LogP contribution in [0.25, 0.3) is 0 Å². The Kier molecular flexibility index (Phi) is 6.98. The van der Waals surface area contributed by atoms with Crippen molar-refractivity contribution in [1.82, 2.24) is 14.6 Å². The minimum atomic E-state index is -3.70. The van der Waals surface area contributed by atoms with Crippen molar-refractivity contribution in [2.75, 3.05) is 13.1 Å². The summed E-state index contributed by atoms with van der Waals surface area (Å²) in [5.41, 5.74) is 0.759. The summed E-state index contributed by atoms with van der Waals surface area (Å²) in [6.45, 7) is 0.869. The molecule has 0 saturated carbocycles. The molecule has 1 fully saturated rings. The van der Waals surface area contributed by atoms with Gasteiger partial charge in [-0.15, -0.1) is 0 Å². The van der Waals surface area contributed by atoms with E-state index < -0.39 is 10.0 Å². The number of hydrogen-bond donors (Lipinski definition) is 1. The predicted molar refractivity (Wildman–Crippen MR) is 112 cm³/mol. The van der Waals surface area contributed by atoms with E-state index in [9.17, 15) is 13.2 Å². The molecule has 3 rings (SSSR count). The molecule has 1 N–H and O–H groups in total. The third-order valence-electron chi connectivity index (χ3n) is 4.53. The van der Waals surface area contributed by atoms with Crippen molar-refractivity contribution in [2.24, 2.45) is 5.92 Å². The Labute approximate surface area is 182 Å². The number of amides is 1. The second-order valence-corrected chi connectivity index (χ2v) is 10.2. The number of hydrogen-bond acceptors (Lipinski definition) is 4. The SMILES string of the molecule is O=C(NCc1ccc(Br)cn1)C1CCN(S(=O)(=O)c2cc(Cl)cc(Cl)c2)CC1. The van der Waals surface area contributed by atoms with E-state index in [2.05, 4.69) is 26.2 Å². The minimum absolute atomic E-state index is 0.0641. The van der Waals surface area contributed by atoms with Crippen LogP contribution < -0.4 is 5.32 Å². The fourth-order valence-corrected chi connectivity index (χ4v) is 5.45. The first-order valence-electron chi connectivity index (χ1n) is 8.60. The molecule has 0 atom stereocenters. The van der Waals surface area contributed by atoms with Crippen molar-refractivity contribution < 1.29 is 13.2 Å². The molecule has 1 aromatic heterocycles. The highest BCUT2D eigenvalue weighted by Crippen LogP contribution is 2.28. The summed E-state index contributed by atoms with van der Waals surface area (Å²) in [6.07, 6.45) is 2.58. The standard InChI is InChI=1S/C18H18BrCl2N3O3S/c19-13-1-2-16(22-10-13)11-23-18(25)12-3-5-24(6-4-12)28(26,27)17-8-14(20)7-15(21)9-17/h1-2,7-10,12H,3-6,11H2,(H,23,25). The Bertz CT molecular complexity index is 942. The first-order valence-corrected chi connectivity index (χ1v) is 11.6. The lowest BCUT2D eigenvalue weighted by Gasteiger charge is -2.30. The highest BCUT2D eigenvalue weighted by Gasteiger charge is 2.32. The minimum Gasteiger partial charge on any atom is -0.350 e. The molecule has 28 heavy (non-hydrogen) atoms. The smallest absolute Gasteiger partial charge is 0.243 e. The first-order chi connectivity index (χ1) is 13.3. The van der Waals surface area contributed by atoms with Crippen LogP contribution in [0.3, 0.4) is 0 Å². The Hall–Kier alpha value is -1.19. The van der Waals surface area contributed by atoms with E-state index in [1.165, 1.54) is 22.5 Å². The Morgan fingerprint density at radius 1 is 1.18 bits per heavy atom. The van der Waals surface area contributed by atoms with E-state index >= 15 is 0 Å². The van der Waals surface area contributed by atoms with Crippen LogP contribution >= 0.6 is 39.1 Å². The molecule has 0 bridgehead atoms. The van der Waals surface area contributed by atoms with Gasteiger partial charge in [0.2, 0.25) is 15.9 Å². The zero-order valence-corrected chi connectivity index (χ0v) is 18.7. The average Bonchev–Trinajstić information content (AvgIpc) is 2.66. The van der Waals surface area contributed by atoms with Gasteiger partial charge in [0.15, 0.2) is 0 Å². The van der Waals surface area contributed by atoms with Gasteiger partial charge in [-0.05, 0) is 59.1 Å². The van der Waals surface area contributed by atoms with Crippen molar-refractivity contribution in [2.45, 2.75) is 24.3 Å². The summed E-state index contributed by atoms with van der Waals surface area (Å²) in [6, 6.07) is 7.94. The van der Waals surface area contributed by atoms with E-state index in [1.807, 2.05) is 12.1 Å². The zero-order valence-electron chi connectivity index (χ0n) is 14.7. The summed E-state index contributed by atoms with van der Waals surface area (Å²) < 4.78 is 27.8. The molecule has 1 amide bonds. The van der Waals surface area contributed by atoms with Gasteiger partial charge in [0.1, 0.15) is 0 Å². The number of aromatic nitrogens is 1. The number of piperidine rings is 1. The van der Waals surface area contributed by atoms with E-state index in [-0.39, 0.29) is 39.9 Å². The molecular formula is C18H18BrCl2N3O3S. The van der Waals surface area contributed by atoms with Gasteiger partial charge in [0.05, 0.1) is 17.1 Å². The maximum absolute atomic E-state index is 12.8. The number of halogens is 3. The second-order valence-electron chi connectivity index (χ2n) is 6.47. The van der Waals surface area contributed by atoms with Crippen LogP contribution in [0.2, 0.25) is 10.0 Å². The Balaban J connectivity index is 1.57. The van der Waals surface area contributed by atoms with Gasteiger partial charge in [-0.2, -0.15) is 4.31 Å². The molecule has 0 aliphatic carbocycles. The van der Waals surface area contributed by atoms with E-state index in [0.717, 1.165) is 10.2 Å². The first kappa shape index (κ1) is 21.5. The van der Waals surface area contributed by atoms with Crippen molar-refractivity contribution in [3.8, 4) is 0 Å². The summed E-state index contributed by atoms with van der Waals surface area (Å²) in [5.74, 6) is -0.322. The second kappa shape index (κ2) is 9.09. The molecule has 150 valence electrons. The van der Waals surface area contributed by atoms with Crippen LogP contribution in [0.1, 0.15) is 18.5 Å². The fraction of sp³-hybridized carbons (Fsp3) is 0.333.